The van der Waals surface area contributed by atoms with Gasteiger partial charge in [0.15, 0.2) is 5.58 Å². The zero-order chi connectivity index (χ0) is 20.0. The van der Waals surface area contributed by atoms with Gasteiger partial charge in [-0.25, -0.2) is 9.78 Å². The number of benzene rings is 2. The highest BCUT2D eigenvalue weighted by molar-refractivity contribution is 7.18. The summed E-state index contributed by atoms with van der Waals surface area (Å²) in [7, 11) is 0. The van der Waals surface area contributed by atoms with Gasteiger partial charge in [0, 0.05) is 18.7 Å². The van der Waals surface area contributed by atoms with Crippen molar-refractivity contribution >= 4 is 38.3 Å². The molecule has 1 aliphatic rings. The predicted molar refractivity (Wildman–Crippen MR) is 110 cm³/mol. The minimum atomic E-state index is -0.505. The topological polar surface area (TPSA) is 94.4 Å². The molecule has 9 heteroatoms. The zero-order valence-corrected chi connectivity index (χ0v) is 16.3. The van der Waals surface area contributed by atoms with E-state index in [-0.39, 0.29) is 11.7 Å². The molecule has 0 radical (unpaired) electrons. The van der Waals surface area contributed by atoms with Crippen molar-refractivity contribution in [1.29, 1.82) is 0 Å². The van der Waals surface area contributed by atoms with Gasteiger partial charge in [-0.15, -0.1) is 11.3 Å². The number of para-hydroxylation sites is 1. The van der Waals surface area contributed by atoms with Gasteiger partial charge < -0.3 is 4.42 Å². The molecule has 5 rings (SSSR count). The van der Waals surface area contributed by atoms with E-state index in [0.717, 1.165) is 41.0 Å². The Morgan fingerprint density at radius 1 is 1.24 bits per heavy atom. The maximum absolute atomic E-state index is 12.5. The minimum Gasteiger partial charge on any atom is -0.408 e. The van der Waals surface area contributed by atoms with Crippen LogP contribution in [0, 0.1) is 10.1 Å². The number of nitrogens with zero attached hydrogens (tertiary/aromatic N) is 4. The van der Waals surface area contributed by atoms with E-state index in [4.69, 9.17) is 9.40 Å². The van der Waals surface area contributed by atoms with Crippen LogP contribution in [0.3, 0.4) is 0 Å². The first kappa shape index (κ1) is 18.0. The van der Waals surface area contributed by atoms with Gasteiger partial charge in [-0.3, -0.25) is 19.6 Å². The van der Waals surface area contributed by atoms with Crippen molar-refractivity contribution in [1.82, 2.24) is 14.5 Å². The second-order valence-electron chi connectivity index (χ2n) is 7.19. The Labute approximate surface area is 169 Å². The van der Waals surface area contributed by atoms with Crippen LogP contribution < -0.4 is 5.76 Å². The van der Waals surface area contributed by atoms with Crippen LogP contribution in [-0.4, -0.2) is 25.9 Å². The number of fused-ring (bicyclic) bond motifs is 2. The summed E-state index contributed by atoms with van der Waals surface area (Å²) in [5.41, 5.74) is 1.72. The molecule has 0 aliphatic carbocycles. The van der Waals surface area contributed by atoms with Gasteiger partial charge in [-0.2, -0.15) is 0 Å². The van der Waals surface area contributed by atoms with Crippen molar-refractivity contribution in [3.63, 3.8) is 0 Å². The third-order valence-electron chi connectivity index (χ3n) is 5.39. The second kappa shape index (κ2) is 7.09. The molecule has 0 saturated carbocycles. The number of oxazole rings is 1. The van der Waals surface area contributed by atoms with Gasteiger partial charge in [0.1, 0.15) is 5.01 Å². The lowest BCUT2D eigenvalue weighted by Gasteiger charge is -2.34. The standard InChI is InChI=1S/C20H18N4O4S/c25-20-23(16-11-13(24(26)27)8-9-17(16)28-20)12-22-10-4-3-6-15(22)19-21-14-5-1-2-7-18(14)29-19/h1-2,5,7-9,11,15H,3-4,6,10,12H2. The van der Waals surface area contributed by atoms with Crippen LogP contribution in [0.5, 0.6) is 0 Å². The molecule has 29 heavy (non-hydrogen) atoms. The number of piperidine rings is 1. The number of thiazole rings is 1. The summed E-state index contributed by atoms with van der Waals surface area (Å²) in [5, 5.41) is 12.2. The Kier molecular flexibility index (Phi) is 4.40. The largest absolute Gasteiger partial charge is 0.421 e. The zero-order valence-electron chi connectivity index (χ0n) is 15.5. The van der Waals surface area contributed by atoms with Crippen molar-refractivity contribution in [2.45, 2.75) is 32.0 Å². The fourth-order valence-electron chi connectivity index (χ4n) is 3.95. The highest BCUT2D eigenvalue weighted by Gasteiger charge is 2.28. The molecule has 1 aliphatic heterocycles. The Morgan fingerprint density at radius 3 is 2.93 bits per heavy atom. The van der Waals surface area contributed by atoms with Crippen LogP contribution in [0.4, 0.5) is 5.69 Å². The molecule has 0 N–H and O–H groups in total. The van der Waals surface area contributed by atoms with Gasteiger partial charge in [-0.1, -0.05) is 18.6 Å². The minimum absolute atomic E-state index is 0.0617. The molecule has 2 aromatic carbocycles. The third-order valence-corrected chi connectivity index (χ3v) is 6.53. The van der Waals surface area contributed by atoms with Crippen molar-refractivity contribution in [2.75, 3.05) is 6.54 Å². The first-order valence-corrected chi connectivity index (χ1v) is 10.3. The highest BCUT2D eigenvalue weighted by Crippen LogP contribution is 2.36. The molecule has 148 valence electrons. The molecule has 2 aromatic heterocycles. The molecule has 1 saturated heterocycles. The average Bonchev–Trinajstić information content (AvgIpc) is 3.29. The third kappa shape index (κ3) is 3.22. The first-order chi connectivity index (χ1) is 14.1. The number of nitro groups is 1. The van der Waals surface area contributed by atoms with E-state index >= 15 is 0 Å². The smallest absolute Gasteiger partial charge is 0.408 e. The van der Waals surface area contributed by atoms with Crippen LogP contribution in [0.25, 0.3) is 21.3 Å². The summed E-state index contributed by atoms with van der Waals surface area (Å²) in [6.07, 6.45) is 3.10. The van der Waals surface area contributed by atoms with E-state index < -0.39 is 10.7 Å². The molecular weight excluding hydrogens is 392 g/mol. The second-order valence-corrected chi connectivity index (χ2v) is 8.25. The van der Waals surface area contributed by atoms with Crippen LogP contribution >= 0.6 is 11.3 Å². The normalized spacial score (nSPS) is 17.9. The lowest BCUT2D eigenvalue weighted by molar-refractivity contribution is -0.384. The predicted octanol–water partition coefficient (Wildman–Crippen LogP) is 4.30. The van der Waals surface area contributed by atoms with Gasteiger partial charge >= 0.3 is 5.76 Å². The Hall–Kier alpha value is -3.04. The summed E-state index contributed by atoms with van der Waals surface area (Å²) in [6.45, 7) is 1.14. The fourth-order valence-corrected chi connectivity index (χ4v) is 5.09. The first-order valence-electron chi connectivity index (χ1n) is 9.47. The molecule has 8 nitrogen and oxygen atoms in total. The molecule has 1 unspecified atom stereocenters. The summed E-state index contributed by atoms with van der Waals surface area (Å²) in [5.74, 6) is -0.505. The van der Waals surface area contributed by atoms with E-state index in [0.29, 0.717) is 17.8 Å². The van der Waals surface area contributed by atoms with Crippen molar-refractivity contribution in [3.8, 4) is 0 Å². The highest BCUT2D eigenvalue weighted by atomic mass is 32.1. The van der Waals surface area contributed by atoms with Gasteiger partial charge in [0.25, 0.3) is 5.69 Å². The molecular formula is C20H18N4O4S. The molecule has 0 spiro atoms. The molecule has 1 atom stereocenters. The fraction of sp³-hybridized carbons (Fsp3) is 0.300. The lowest BCUT2D eigenvalue weighted by atomic mass is 10.0. The van der Waals surface area contributed by atoms with Crippen molar-refractivity contribution in [2.24, 2.45) is 0 Å². The van der Waals surface area contributed by atoms with E-state index in [1.165, 1.54) is 22.8 Å². The number of rotatable bonds is 4. The van der Waals surface area contributed by atoms with Crippen molar-refractivity contribution < 1.29 is 9.34 Å². The number of aromatic nitrogens is 2. The van der Waals surface area contributed by atoms with Gasteiger partial charge in [-0.05, 0) is 31.0 Å². The van der Waals surface area contributed by atoms with Crippen LogP contribution in [-0.2, 0) is 6.67 Å². The maximum Gasteiger partial charge on any atom is 0.421 e. The van der Waals surface area contributed by atoms with E-state index in [1.54, 1.807) is 11.3 Å². The summed E-state index contributed by atoms with van der Waals surface area (Å²) in [6, 6.07) is 12.4. The molecule has 3 heterocycles. The van der Waals surface area contributed by atoms with E-state index in [9.17, 15) is 14.9 Å². The van der Waals surface area contributed by atoms with E-state index in [2.05, 4.69) is 11.0 Å². The number of hydrogen-bond acceptors (Lipinski definition) is 7. The summed E-state index contributed by atoms with van der Waals surface area (Å²) in [4.78, 5) is 30.2. The SMILES string of the molecule is O=c1oc2ccc([N+](=O)[O-])cc2n1CN1CCCCC1c1nc2ccccc2s1. The molecule has 4 aromatic rings. The number of non-ortho nitro benzene ring substituents is 1. The van der Waals surface area contributed by atoms with Crippen LogP contribution in [0.1, 0.15) is 30.3 Å². The summed E-state index contributed by atoms with van der Waals surface area (Å²) >= 11 is 1.68. The lowest BCUT2D eigenvalue weighted by Crippen LogP contribution is -2.37. The van der Waals surface area contributed by atoms with Gasteiger partial charge in [0.2, 0.25) is 0 Å². The number of hydrogen-bond donors (Lipinski definition) is 0. The maximum atomic E-state index is 12.5. The Bertz CT molecular complexity index is 1240. The number of likely N-dealkylation sites (tertiary alicyclic amines) is 1. The van der Waals surface area contributed by atoms with Gasteiger partial charge in [0.05, 0.1) is 33.4 Å². The summed E-state index contributed by atoms with van der Waals surface area (Å²) < 4.78 is 7.94. The Morgan fingerprint density at radius 2 is 2.10 bits per heavy atom. The quantitative estimate of drug-likeness (QED) is 0.368. The molecule has 0 amide bonds. The van der Waals surface area contributed by atoms with Crippen LogP contribution in [0.2, 0.25) is 0 Å². The Balaban J connectivity index is 1.52. The average molecular weight is 410 g/mol. The van der Waals surface area contributed by atoms with Crippen molar-refractivity contribution in [3.05, 3.63) is 68.1 Å². The van der Waals surface area contributed by atoms with E-state index in [1.807, 2.05) is 18.2 Å². The molecule has 0 bridgehead atoms. The van der Waals surface area contributed by atoms with Crippen LogP contribution in [0.15, 0.2) is 51.7 Å². The number of nitro benzene ring substituents is 1. The molecule has 1 fully saturated rings. The monoisotopic (exact) mass is 410 g/mol.